The molecule has 2 aromatic heterocycles. The Bertz CT molecular complexity index is 1140. The summed E-state index contributed by atoms with van der Waals surface area (Å²) < 4.78 is 15.9. The highest BCUT2D eigenvalue weighted by Crippen LogP contribution is 2.40. The van der Waals surface area contributed by atoms with Gasteiger partial charge in [-0.05, 0) is 24.8 Å². The first-order valence-electron chi connectivity index (χ1n) is 9.67. The van der Waals surface area contributed by atoms with E-state index in [0.717, 1.165) is 35.0 Å². The molecule has 9 heteroatoms. The van der Waals surface area contributed by atoms with Gasteiger partial charge in [-0.3, -0.25) is 9.59 Å². The summed E-state index contributed by atoms with van der Waals surface area (Å²) in [7, 11) is 4.55. The predicted octanol–water partition coefficient (Wildman–Crippen LogP) is 3.07. The van der Waals surface area contributed by atoms with E-state index in [2.05, 4.69) is 15.3 Å². The molecule has 4 rings (SSSR count). The topological polar surface area (TPSA) is 103 Å². The highest BCUT2D eigenvalue weighted by atomic mass is 32.1. The largest absolute Gasteiger partial charge is 0.493 e. The van der Waals surface area contributed by atoms with Crippen molar-refractivity contribution in [2.75, 3.05) is 26.6 Å². The van der Waals surface area contributed by atoms with Gasteiger partial charge < -0.3 is 24.5 Å². The highest BCUT2D eigenvalue weighted by molar-refractivity contribution is 7.18. The van der Waals surface area contributed by atoms with Crippen LogP contribution in [-0.2, 0) is 24.1 Å². The van der Waals surface area contributed by atoms with E-state index in [9.17, 15) is 9.59 Å². The number of nitrogens with one attached hydrogen (secondary N) is 2. The van der Waals surface area contributed by atoms with Gasteiger partial charge in [-0.15, -0.1) is 11.3 Å². The second kappa shape index (κ2) is 8.35. The molecule has 0 spiro atoms. The van der Waals surface area contributed by atoms with E-state index in [1.165, 1.54) is 26.2 Å². The highest BCUT2D eigenvalue weighted by Gasteiger charge is 2.21. The lowest BCUT2D eigenvalue weighted by atomic mass is 10.2. The van der Waals surface area contributed by atoms with Crippen LogP contribution in [0, 0.1) is 0 Å². The van der Waals surface area contributed by atoms with Crippen molar-refractivity contribution in [3.05, 3.63) is 38.8 Å². The number of thiophene rings is 1. The maximum atomic E-state index is 12.5. The number of carbonyl (C=O) groups is 1. The number of aromatic amines is 1. The molecule has 1 aromatic carbocycles. The normalized spacial score (nSPS) is 12.6. The van der Waals surface area contributed by atoms with Gasteiger partial charge in [0, 0.05) is 35.5 Å². The molecule has 0 atom stereocenters. The minimum atomic E-state index is -0.208. The van der Waals surface area contributed by atoms with E-state index in [1.54, 1.807) is 23.5 Å². The van der Waals surface area contributed by atoms with Crippen molar-refractivity contribution in [2.24, 2.45) is 0 Å². The molecule has 0 saturated heterocycles. The van der Waals surface area contributed by atoms with Gasteiger partial charge in [0.05, 0.1) is 26.7 Å². The summed E-state index contributed by atoms with van der Waals surface area (Å²) in [6.45, 7) is 0. The first-order chi connectivity index (χ1) is 14.5. The van der Waals surface area contributed by atoms with Crippen molar-refractivity contribution in [1.29, 1.82) is 0 Å². The molecule has 1 aliphatic carbocycles. The second-order valence-corrected chi connectivity index (χ2v) is 8.10. The summed E-state index contributed by atoms with van der Waals surface area (Å²) in [6, 6.07) is 3.33. The zero-order valence-corrected chi connectivity index (χ0v) is 17.9. The summed E-state index contributed by atoms with van der Waals surface area (Å²) in [5.41, 5.74) is 1.57. The fourth-order valence-electron chi connectivity index (χ4n) is 3.77. The molecule has 0 saturated carbocycles. The van der Waals surface area contributed by atoms with Gasteiger partial charge in [0.15, 0.2) is 11.5 Å². The van der Waals surface area contributed by atoms with Crippen LogP contribution in [0.4, 0.5) is 5.69 Å². The van der Waals surface area contributed by atoms with Crippen molar-refractivity contribution < 1.29 is 19.0 Å². The number of benzene rings is 1. The van der Waals surface area contributed by atoms with Crippen LogP contribution in [-0.4, -0.2) is 37.2 Å². The van der Waals surface area contributed by atoms with Gasteiger partial charge in [0.2, 0.25) is 11.7 Å². The minimum absolute atomic E-state index is 0.112. The molecule has 30 heavy (non-hydrogen) atoms. The number of anilines is 1. The zero-order chi connectivity index (χ0) is 21.3. The number of rotatable bonds is 7. The second-order valence-electron chi connectivity index (χ2n) is 7.01. The smallest absolute Gasteiger partial charge is 0.259 e. The first kappa shape index (κ1) is 20.2. The Labute approximate surface area is 177 Å². The molecule has 8 nitrogen and oxygen atoms in total. The van der Waals surface area contributed by atoms with Crippen LogP contribution >= 0.6 is 11.3 Å². The Kier molecular flexibility index (Phi) is 5.63. The molecule has 158 valence electrons. The first-order valence-corrected chi connectivity index (χ1v) is 10.5. The number of fused-ring (bicyclic) bond motifs is 3. The monoisotopic (exact) mass is 429 g/mol. The molecule has 0 bridgehead atoms. The Morgan fingerprint density at radius 2 is 1.90 bits per heavy atom. The maximum Gasteiger partial charge on any atom is 0.259 e. The number of hydrogen-bond donors (Lipinski definition) is 2. The number of amides is 1. The summed E-state index contributed by atoms with van der Waals surface area (Å²) in [5.74, 6) is 1.67. The molecular weight excluding hydrogens is 406 g/mol. The van der Waals surface area contributed by atoms with Crippen LogP contribution in [0.5, 0.6) is 17.2 Å². The van der Waals surface area contributed by atoms with E-state index < -0.39 is 0 Å². The molecule has 0 unspecified atom stereocenters. The molecule has 0 radical (unpaired) electrons. The number of carbonyl (C=O) groups excluding carboxylic acids is 1. The molecular formula is C21H23N3O5S. The lowest BCUT2D eigenvalue weighted by Gasteiger charge is -2.14. The van der Waals surface area contributed by atoms with E-state index in [0.29, 0.717) is 35.2 Å². The Morgan fingerprint density at radius 1 is 1.17 bits per heavy atom. The molecule has 2 N–H and O–H groups in total. The predicted molar refractivity (Wildman–Crippen MR) is 115 cm³/mol. The van der Waals surface area contributed by atoms with Gasteiger partial charge >= 0.3 is 0 Å². The Hall–Kier alpha value is -3.07. The number of H-pyrrole nitrogens is 1. The number of aromatic nitrogens is 2. The minimum Gasteiger partial charge on any atom is -0.493 e. The van der Waals surface area contributed by atoms with Crippen LogP contribution in [0.1, 0.15) is 29.1 Å². The van der Waals surface area contributed by atoms with Gasteiger partial charge in [-0.1, -0.05) is 0 Å². The van der Waals surface area contributed by atoms with Gasteiger partial charge in [-0.2, -0.15) is 0 Å². The van der Waals surface area contributed by atoms with Crippen molar-refractivity contribution in [1.82, 2.24) is 9.97 Å². The molecule has 0 aliphatic heterocycles. The maximum absolute atomic E-state index is 12.5. The number of nitrogens with zero attached hydrogens (tertiary/aromatic N) is 1. The molecule has 1 aliphatic rings. The molecule has 2 heterocycles. The lowest BCUT2D eigenvalue weighted by Crippen LogP contribution is -2.16. The summed E-state index contributed by atoms with van der Waals surface area (Å²) in [6.07, 6.45) is 3.57. The van der Waals surface area contributed by atoms with Crippen molar-refractivity contribution >= 4 is 33.1 Å². The average molecular weight is 429 g/mol. The Morgan fingerprint density at radius 3 is 2.57 bits per heavy atom. The molecule has 3 aromatic rings. The third kappa shape index (κ3) is 3.72. The van der Waals surface area contributed by atoms with Gasteiger partial charge in [-0.25, -0.2) is 4.98 Å². The fraction of sp³-hybridized carbons (Fsp3) is 0.381. The average Bonchev–Trinajstić information content (AvgIpc) is 3.32. The summed E-state index contributed by atoms with van der Waals surface area (Å²) in [5, 5.41) is 3.55. The Balaban J connectivity index is 1.47. The van der Waals surface area contributed by atoms with Crippen molar-refractivity contribution in [3.8, 4) is 17.2 Å². The molecule has 1 amide bonds. The van der Waals surface area contributed by atoms with Gasteiger partial charge in [0.1, 0.15) is 10.7 Å². The number of hydrogen-bond acceptors (Lipinski definition) is 7. The summed E-state index contributed by atoms with van der Waals surface area (Å²) >= 11 is 1.59. The molecule has 0 fully saturated rings. The van der Waals surface area contributed by atoms with Crippen molar-refractivity contribution in [2.45, 2.75) is 32.1 Å². The zero-order valence-electron chi connectivity index (χ0n) is 17.1. The van der Waals surface area contributed by atoms with Crippen LogP contribution in [0.15, 0.2) is 16.9 Å². The standard InChI is InChI=1S/C21H23N3O5S/c1-27-13-9-11(10-14(28-2)19(13)29-3)22-17(25)8-7-16-23-20(26)18-12-5-4-6-15(12)30-21(18)24-16/h9-10H,4-8H2,1-3H3,(H,22,25)(H,23,24,26). The fourth-order valence-corrected chi connectivity index (χ4v) is 5.05. The summed E-state index contributed by atoms with van der Waals surface area (Å²) in [4.78, 5) is 34.4. The van der Waals surface area contributed by atoms with Crippen molar-refractivity contribution in [3.63, 3.8) is 0 Å². The number of methoxy groups -OCH3 is 3. The van der Waals surface area contributed by atoms with Crippen LogP contribution < -0.4 is 25.1 Å². The third-order valence-electron chi connectivity index (χ3n) is 5.16. The lowest BCUT2D eigenvalue weighted by molar-refractivity contribution is -0.116. The number of ether oxygens (including phenoxy) is 3. The van der Waals surface area contributed by atoms with Crippen LogP contribution in [0.3, 0.4) is 0 Å². The quantitative estimate of drug-likeness (QED) is 0.598. The SMILES string of the molecule is COc1cc(NC(=O)CCc2nc3sc4c(c3c(=O)[nH]2)CCC4)cc(OC)c1OC. The van der Waals surface area contributed by atoms with E-state index in [1.807, 2.05) is 0 Å². The van der Waals surface area contributed by atoms with E-state index in [4.69, 9.17) is 14.2 Å². The number of aryl methyl sites for hydroxylation is 3. The van der Waals surface area contributed by atoms with Crippen LogP contribution in [0.25, 0.3) is 10.2 Å². The third-order valence-corrected chi connectivity index (χ3v) is 6.35. The van der Waals surface area contributed by atoms with Gasteiger partial charge in [0.25, 0.3) is 5.56 Å². The van der Waals surface area contributed by atoms with E-state index >= 15 is 0 Å². The van der Waals surface area contributed by atoms with E-state index in [-0.39, 0.29) is 17.9 Å². The van der Waals surface area contributed by atoms with Crippen LogP contribution in [0.2, 0.25) is 0 Å².